The van der Waals surface area contributed by atoms with Gasteiger partial charge in [0.2, 0.25) is 0 Å². The molecule has 29 heavy (non-hydrogen) atoms. The van der Waals surface area contributed by atoms with E-state index in [1.807, 2.05) is 42.5 Å². The molecule has 5 nitrogen and oxygen atoms in total. The highest BCUT2D eigenvalue weighted by Gasteiger charge is 2.33. The number of methoxy groups -OCH3 is 2. The molecule has 0 heterocycles. The van der Waals surface area contributed by atoms with E-state index in [2.05, 4.69) is 10.8 Å². The minimum atomic E-state index is -0.607. The van der Waals surface area contributed by atoms with E-state index in [9.17, 15) is 14.4 Å². The second kappa shape index (κ2) is 9.32. The van der Waals surface area contributed by atoms with Crippen LogP contribution in [0, 0.1) is 5.92 Å². The Balaban J connectivity index is 0.000000166. The fourth-order valence-electron chi connectivity index (χ4n) is 3.69. The minimum absolute atomic E-state index is 0.108. The van der Waals surface area contributed by atoms with Gasteiger partial charge >= 0.3 is 11.9 Å². The molecule has 0 spiro atoms. The first-order chi connectivity index (χ1) is 14.0. The maximum Gasteiger partial charge on any atom is 0.333 e. The van der Waals surface area contributed by atoms with Crippen molar-refractivity contribution in [3.05, 3.63) is 76.4 Å². The number of ketones is 1. The molecule has 0 radical (unpaired) electrons. The van der Waals surface area contributed by atoms with E-state index < -0.39 is 11.9 Å². The Morgan fingerprint density at radius 2 is 1.55 bits per heavy atom. The Hall–Kier alpha value is -3.21. The molecule has 0 N–H and O–H groups in total. The SMILES string of the molecule is COC(=O)C1=Cc2ccccc2CC1.COC(=O)C1CCc2ccccc2C1=O. The zero-order valence-corrected chi connectivity index (χ0v) is 16.6. The highest BCUT2D eigenvalue weighted by atomic mass is 16.5. The molecule has 0 fully saturated rings. The summed E-state index contributed by atoms with van der Waals surface area (Å²) in [5, 5.41) is 0. The van der Waals surface area contributed by atoms with Crippen molar-refractivity contribution < 1.29 is 23.9 Å². The molecule has 1 unspecified atom stereocenters. The van der Waals surface area contributed by atoms with Gasteiger partial charge < -0.3 is 9.47 Å². The van der Waals surface area contributed by atoms with Crippen LogP contribution < -0.4 is 0 Å². The number of carbonyl (C=O) groups excluding carboxylic acids is 3. The third-order valence-corrected chi connectivity index (χ3v) is 5.28. The van der Waals surface area contributed by atoms with E-state index in [0.717, 1.165) is 36.0 Å². The summed E-state index contributed by atoms with van der Waals surface area (Å²) in [5.74, 6) is -1.34. The summed E-state index contributed by atoms with van der Waals surface area (Å²) in [6, 6.07) is 15.6. The van der Waals surface area contributed by atoms with Crippen molar-refractivity contribution in [1.82, 2.24) is 0 Å². The summed E-state index contributed by atoms with van der Waals surface area (Å²) in [7, 11) is 2.74. The van der Waals surface area contributed by atoms with Crippen molar-refractivity contribution in [2.75, 3.05) is 14.2 Å². The van der Waals surface area contributed by atoms with E-state index >= 15 is 0 Å². The van der Waals surface area contributed by atoms with Crippen LogP contribution in [0.25, 0.3) is 6.08 Å². The molecule has 1 atom stereocenters. The summed E-state index contributed by atoms with van der Waals surface area (Å²) in [5.41, 5.74) is 4.91. The first-order valence-electron chi connectivity index (χ1n) is 9.62. The third-order valence-electron chi connectivity index (χ3n) is 5.28. The monoisotopic (exact) mass is 392 g/mol. The van der Waals surface area contributed by atoms with Crippen LogP contribution in [0.5, 0.6) is 0 Å². The summed E-state index contributed by atoms with van der Waals surface area (Å²) in [4.78, 5) is 34.5. The molecular weight excluding hydrogens is 368 g/mol. The average molecular weight is 392 g/mol. The van der Waals surface area contributed by atoms with Crippen molar-refractivity contribution in [3.63, 3.8) is 0 Å². The fraction of sp³-hybridized carbons (Fsp3) is 0.292. The van der Waals surface area contributed by atoms with Gasteiger partial charge in [0, 0.05) is 11.1 Å². The topological polar surface area (TPSA) is 69.7 Å². The van der Waals surface area contributed by atoms with E-state index in [1.165, 1.54) is 19.8 Å². The lowest BCUT2D eigenvalue weighted by atomic mass is 9.83. The zero-order valence-electron chi connectivity index (χ0n) is 16.6. The van der Waals surface area contributed by atoms with Gasteiger partial charge in [-0.05, 0) is 48.4 Å². The molecule has 2 aliphatic carbocycles. The molecule has 0 aliphatic heterocycles. The van der Waals surface area contributed by atoms with Gasteiger partial charge in [-0.1, -0.05) is 48.5 Å². The molecule has 2 aromatic carbocycles. The molecule has 0 saturated carbocycles. The Kier molecular flexibility index (Phi) is 6.60. The quantitative estimate of drug-likeness (QED) is 0.574. The maximum absolute atomic E-state index is 11.9. The lowest BCUT2D eigenvalue weighted by Gasteiger charge is -2.20. The number of hydrogen-bond acceptors (Lipinski definition) is 5. The van der Waals surface area contributed by atoms with Crippen LogP contribution in [-0.4, -0.2) is 31.9 Å². The van der Waals surface area contributed by atoms with E-state index in [0.29, 0.717) is 12.0 Å². The Bertz CT molecular complexity index is 957. The van der Waals surface area contributed by atoms with Crippen molar-refractivity contribution in [3.8, 4) is 0 Å². The number of fused-ring (bicyclic) bond motifs is 2. The first-order valence-corrected chi connectivity index (χ1v) is 9.62. The molecule has 4 rings (SSSR count). The standard InChI is InChI=1S/C12H12O3.C12H12O2/c1-15-12(14)10-7-6-8-4-2-3-5-9(8)11(10)13;1-14-12(13)11-7-6-9-4-2-3-5-10(9)8-11/h2-5,10H,6-7H2,1H3;2-5,8H,6-7H2,1H3. The lowest BCUT2D eigenvalue weighted by molar-refractivity contribution is -0.144. The number of carbonyl (C=O) groups is 3. The van der Waals surface area contributed by atoms with Crippen molar-refractivity contribution in [2.45, 2.75) is 25.7 Å². The number of hydrogen-bond donors (Lipinski definition) is 0. The van der Waals surface area contributed by atoms with Crippen molar-refractivity contribution in [2.24, 2.45) is 5.92 Å². The Morgan fingerprint density at radius 3 is 2.28 bits per heavy atom. The summed E-state index contributed by atoms with van der Waals surface area (Å²) in [6.07, 6.45) is 4.95. The zero-order chi connectivity index (χ0) is 20.8. The molecule has 2 aliphatic rings. The maximum atomic E-state index is 11.9. The van der Waals surface area contributed by atoms with Gasteiger partial charge in [-0.25, -0.2) is 4.79 Å². The van der Waals surface area contributed by atoms with Gasteiger partial charge in [0.25, 0.3) is 0 Å². The molecule has 0 aromatic heterocycles. The van der Waals surface area contributed by atoms with Crippen molar-refractivity contribution in [1.29, 1.82) is 0 Å². The van der Waals surface area contributed by atoms with Crippen LogP contribution >= 0.6 is 0 Å². The number of aryl methyl sites for hydroxylation is 2. The van der Waals surface area contributed by atoms with E-state index in [4.69, 9.17) is 4.74 Å². The van der Waals surface area contributed by atoms with Crippen LogP contribution in [0.3, 0.4) is 0 Å². The largest absolute Gasteiger partial charge is 0.468 e. The van der Waals surface area contributed by atoms with Gasteiger partial charge in [0.05, 0.1) is 14.2 Å². The highest BCUT2D eigenvalue weighted by Crippen LogP contribution is 2.26. The van der Waals surface area contributed by atoms with Crippen LogP contribution in [0.1, 0.15) is 39.9 Å². The lowest BCUT2D eigenvalue weighted by Crippen LogP contribution is -2.30. The second-order valence-corrected chi connectivity index (χ2v) is 7.00. The molecule has 2 aromatic rings. The van der Waals surface area contributed by atoms with Gasteiger partial charge in [-0.3, -0.25) is 9.59 Å². The first kappa shape index (κ1) is 20.5. The number of ether oxygens (including phenoxy) is 2. The summed E-state index contributed by atoms with van der Waals surface area (Å²) < 4.78 is 9.31. The predicted octanol–water partition coefficient (Wildman–Crippen LogP) is 3.79. The number of esters is 2. The molecule has 0 bridgehead atoms. The second-order valence-electron chi connectivity index (χ2n) is 7.00. The number of rotatable bonds is 2. The smallest absolute Gasteiger partial charge is 0.333 e. The van der Waals surface area contributed by atoms with Gasteiger partial charge in [0.1, 0.15) is 5.92 Å². The predicted molar refractivity (Wildman–Crippen MR) is 109 cm³/mol. The Labute approximate surface area is 170 Å². The van der Waals surface area contributed by atoms with E-state index in [-0.39, 0.29) is 11.8 Å². The van der Waals surface area contributed by atoms with Gasteiger partial charge in [0.15, 0.2) is 5.78 Å². The third kappa shape index (κ3) is 4.62. The molecule has 0 amide bonds. The van der Waals surface area contributed by atoms with Crippen LogP contribution in [0.4, 0.5) is 0 Å². The van der Waals surface area contributed by atoms with Gasteiger partial charge in [-0.15, -0.1) is 0 Å². The number of benzene rings is 2. The summed E-state index contributed by atoms with van der Waals surface area (Å²) in [6.45, 7) is 0. The molecule has 150 valence electrons. The van der Waals surface area contributed by atoms with Gasteiger partial charge in [-0.2, -0.15) is 0 Å². The highest BCUT2D eigenvalue weighted by molar-refractivity contribution is 6.10. The molecule has 5 heteroatoms. The summed E-state index contributed by atoms with van der Waals surface area (Å²) >= 11 is 0. The minimum Gasteiger partial charge on any atom is -0.468 e. The van der Waals surface area contributed by atoms with Crippen LogP contribution in [0.15, 0.2) is 54.1 Å². The fourth-order valence-corrected chi connectivity index (χ4v) is 3.69. The normalized spacial score (nSPS) is 17.0. The van der Waals surface area contributed by atoms with E-state index in [1.54, 1.807) is 6.07 Å². The van der Waals surface area contributed by atoms with Crippen molar-refractivity contribution >= 4 is 23.8 Å². The van der Waals surface area contributed by atoms with Crippen LogP contribution in [0.2, 0.25) is 0 Å². The average Bonchev–Trinajstić information content (AvgIpc) is 2.78. The Morgan fingerprint density at radius 1 is 0.862 bits per heavy atom. The molecular formula is C24H24O5. The molecule has 0 saturated heterocycles. The van der Waals surface area contributed by atoms with Crippen LogP contribution in [-0.2, 0) is 31.9 Å². The number of Topliss-reactive ketones (excluding diaryl/α,β-unsaturated/α-hetero) is 1.